The minimum Gasteiger partial charge on any atom is -0.445 e. The molecule has 1 amide bonds. The number of nitrogens with one attached hydrogen (secondary N) is 1. The molecule has 2 aromatic carbocycles. The predicted molar refractivity (Wildman–Crippen MR) is 87.8 cm³/mol. The number of benzene rings is 2. The van der Waals surface area contributed by atoms with Gasteiger partial charge in [-0.1, -0.05) is 60.7 Å². The van der Waals surface area contributed by atoms with Gasteiger partial charge in [0.15, 0.2) is 6.10 Å². The normalized spacial score (nSPS) is 16.0. The molecule has 1 aliphatic carbocycles. The summed E-state index contributed by atoms with van der Waals surface area (Å²) < 4.78 is 5.34. The lowest BCUT2D eigenvalue weighted by molar-refractivity contribution is -0.165. The summed E-state index contributed by atoms with van der Waals surface area (Å²) in [7, 11) is 0. The Kier molecular flexibility index (Phi) is 4.91. The zero-order valence-electron chi connectivity index (χ0n) is 13.1. The summed E-state index contributed by atoms with van der Waals surface area (Å²) in [6, 6.07) is 17.5. The SMILES string of the molecule is O=C(O[C@@H](C(=O)NC1CC1)c1ccccc1)[C@H](O)c1ccccc1. The molecule has 0 radical (unpaired) electrons. The molecule has 1 saturated carbocycles. The topological polar surface area (TPSA) is 75.6 Å². The molecule has 0 aliphatic heterocycles. The number of carbonyl (C=O) groups is 2. The number of aliphatic hydroxyl groups is 1. The lowest BCUT2D eigenvalue weighted by atomic mass is 10.1. The van der Waals surface area contributed by atoms with Gasteiger partial charge < -0.3 is 15.2 Å². The standard InChI is InChI=1S/C19H19NO4/c21-16(13-7-3-1-4-8-13)19(23)24-17(14-9-5-2-6-10-14)18(22)20-15-11-12-15/h1-10,15-17,21H,11-12H2,(H,20,22)/t16-,17-/m1/s1. The maximum absolute atomic E-state index is 12.4. The highest BCUT2D eigenvalue weighted by molar-refractivity contribution is 5.86. The van der Waals surface area contributed by atoms with Gasteiger partial charge in [0, 0.05) is 11.6 Å². The minimum absolute atomic E-state index is 0.154. The summed E-state index contributed by atoms with van der Waals surface area (Å²) in [6.45, 7) is 0. The fourth-order valence-corrected chi connectivity index (χ4v) is 2.36. The van der Waals surface area contributed by atoms with Crippen LogP contribution in [0.5, 0.6) is 0 Å². The number of amides is 1. The highest BCUT2D eigenvalue weighted by atomic mass is 16.6. The predicted octanol–water partition coefficient (Wildman–Crippen LogP) is 2.28. The largest absolute Gasteiger partial charge is 0.445 e. The maximum Gasteiger partial charge on any atom is 0.340 e. The molecule has 1 aliphatic rings. The monoisotopic (exact) mass is 325 g/mol. The van der Waals surface area contributed by atoms with Crippen LogP contribution in [0.25, 0.3) is 0 Å². The van der Waals surface area contributed by atoms with Crippen molar-refractivity contribution >= 4 is 11.9 Å². The molecule has 2 atom stereocenters. The second kappa shape index (κ2) is 7.27. The van der Waals surface area contributed by atoms with Gasteiger partial charge in [-0.25, -0.2) is 4.79 Å². The van der Waals surface area contributed by atoms with Gasteiger partial charge in [0.05, 0.1) is 0 Å². The van der Waals surface area contributed by atoms with Crippen LogP contribution >= 0.6 is 0 Å². The Morgan fingerprint density at radius 2 is 1.50 bits per heavy atom. The fraction of sp³-hybridized carbons (Fsp3) is 0.263. The van der Waals surface area contributed by atoms with Gasteiger partial charge in [0.25, 0.3) is 5.91 Å². The molecule has 0 aromatic heterocycles. The Balaban J connectivity index is 1.75. The summed E-state index contributed by atoms with van der Waals surface area (Å²) in [4.78, 5) is 24.7. The van der Waals surface area contributed by atoms with Crippen LogP contribution in [0.1, 0.15) is 36.2 Å². The Bertz CT molecular complexity index is 698. The van der Waals surface area contributed by atoms with E-state index >= 15 is 0 Å². The van der Waals surface area contributed by atoms with Gasteiger partial charge in [0.2, 0.25) is 6.10 Å². The molecule has 5 heteroatoms. The number of esters is 1. The molecule has 2 N–H and O–H groups in total. The number of rotatable bonds is 6. The van der Waals surface area contributed by atoms with Crippen LogP contribution in [-0.4, -0.2) is 23.0 Å². The molecule has 1 fully saturated rings. The smallest absolute Gasteiger partial charge is 0.340 e. The first-order valence-corrected chi connectivity index (χ1v) is 7.94. The van der Waals surface area contributed by atoms with E-state index in [0.29, 0.717) is 11.1 Å². The van der Waals surface area contributed by atoms with Crippen LogP contribution in [0.2, 0.25) is 0 Å². The molecule has 0 spiro atoms. The number of ether oxygens (including phenoxy) is 1. The van der Waals surface area contributed by atoms with Crippen LogP contribution < -0.4 is 5.32 Å². The van der Waals surface area contributed by atoms with Gasteiger partial charge in [-0.15, -0.1) is 0 Å². The number of hydrogen-bond acceptors (Lipinski definition) is 4. The van der Waals surface area contributed by atoms with Crippen molar-refractivity contribution in [3.8, 4) is 0 Å². The Labute approximate surface area is 140 Å². The summed E-state index contributed by atoms with van der Waals surface area (Å²) in [6.07, 6.45) is -0.620. The number of carbonyl (C=O) groups excluding carboxylic acids is 2. The second-order valence-corrected chi connectivity index (χ2v) is 5.82. The fourth-order valence-electron chi connectivity index (χ4n) is 2.36. The molecule has 0 bridgehead atoms. The van der Waals surface area contributed by atoms with E-state index in [-0.39, 0.29) is 11.9 Å². The van der Waals surface area contributed by atoms with Crippen LogP contribution in [0.3, 0.4) is 0 Å². The zero-order valence-corrected chi connectivity index (χ0v) is 13.1. The molecular formula is C19H19NO4. The van der Waals surface area contributed by atoms with Crippen LogP contribution in [0.15, 0.2) is 60.7 Å². The quantitative estimate of drug-likeness (QED) is 0.799. The first-order valence-electron chi connectivity index (χ1n) is 7.94. The molecule has 0 heterocycles. The maximum atomic E-state index is 12.4. The van der Waals surface area contributed by atoms with Crippen molar-refractivity contribution in [2.24, 2.45) is 0 Å². The van der Waals surface area contributed by atoms with Crippen molar-refractivity contribution in [1.29, 1.82) is 0 Å². The Hall–Kier alpha value is -2.66. The highest BCUT2D eigenvalue weighted by Gasteiger charge is 2.32. The number of hydrogen-bond donors (Lipinski definition) is 2. The van der Waals surface area contributed by atoms with Crippen molar-refractivity contribution in [1.82, 2.24) is 5.32 Å². The van der Waals surface area contributed by atoms with Crippen LogP contribution in [0.4, 0.5) is 0 Å². The summed E-state index contributed by atoms with van der Waals surface area (Å²) in [5.41, 5.74) is 1.00. The van der Waals surface area contributed by atoms with Crippen molar-refractivity contribution in [3.63, 3.8) is 0 Å². The summed E-state index contributed by atoms with van der Waals surface area (Å²) in [5.74, 6) is -1.21. The van der Waals surface area contributed by atoms with E-state index in [1.807, 2.05) is 6.07 Å². The van der Waals surface area contributed by atoms with Crippen LogP contribution in [0, 0.1) is 0 Å². The molecule has 5 nitrogen and oxygen atoms in total. The first-order chi connectivity index (χ1) is 11.6. The Morgan fingerprint density at radius 3 is 2.04 bits per heavy atom. The van der Waals surface area contributed by atoms with Crippen molar-refractivity contribution in [2.45, 2.75) is 31.1 Å². The van der Waals surface area contributed by atoms with Crippen molar-refractivity contribution in [2.75, 3.05) is 0 Å². The third-order valence-electron chi connectivity index (χ3n) is 3.84. The zero-order chi connectivity index (χ0) is 16.9. The molecule has 24 heavy (non-hydrogen) atoms. The van der Waals surface area contributed by atoms with Gasteiger partial charge in [0.1, 0.15) is 0 Å². The van der Waals surface area contributed by atoms with Gasteiger partial charge in [-0.05, 0) is 18.4 Å². The van der Waals surface area contributed by atoms with Crippen molar-refractivity contribution < 1.29 is 19.4 Å². The number of aliphatic hydroxyl groups excluding tert-OH is 1. The first kappa shape index (κ1) is 16.2. The third kappa shape index (κ3) is 4.00. The third-order valence-corrected chi connectivity index (χ3v) is 3.84. The van der Waals surface area contributed by atoms with E-state index in [1.165, 1.54) is 0 Å². The van der Waals surface area contributed by atoms with E-state index < -0.39 is 18.2 Å². The minimum atomic E-state index is -1.42. The molecular weight excluding hydrogens is 306 g/mol. The average molecular weight is 325 g/mol. The second-order valence-electron chi connectivity index (χ2n) is 5.82. The van der Waals surface area contributed by atoms with E-state index in [9.17, 15) is 14.7 Å². The van der Waals surface area contributed by atoms with Gasteiger partial charge in [-0.3, -0.25) is 4.79 Å². The van der Waals surface area contributed by atoms with Crippen molar-refractivity contribution in [3.05, 3.63) is 71.8 Å². The van der Waals surface area contributed by atoms with E-state index in [0.717, 1.165) is 12.8 Å². The molecule has 124 valence electrons. The van der Waals surface area contributed by atoms with Gasteiger partial charge >= 0.3 is 5.97 Å². The Morgan fingerprint density at radius 1 is 0.958 bits per heavy atom. The lowest BCUT2D eigenvalue weighted by Crippen LogP contribution is -2.34. The summed E-state index contributed by atoms with van der Waals surface area (Å²) in [5, 5.41) is 13.0. The molecule has 2 aromatic rings. The van der Waals surface area contributed by atoms with E-state index in [4.69, 9.17) is 4.74 Å². The van der Waals surface area contributed by atoms with Gasteiger partial charge in [-0.2, -0.15) is 0 Å². The van der Waals surface area contributed by atoms with Crippen LogP contribution in [-0.2, 0) is 14.3 Å². The molecule has 0 saturated heterocycles. The average Bonchev–Trinajstić information content (AvgIpc) is 3.44. The highest BCUT2D eigenvalue weighted by Crippen LogP contribution is 2.25. The summed E-state index contributed by atoms with van der Waals surface area (Å²) >= 11 is 0. The molecule has 0 unspecified atom stereocenters. The molecule has 3 rings (SSSR count). The lowest BCUT2D eigenvalue weighted by Gasteiger charge is -2.20. The van der Waals surface area contributed by atoms with E-state index in [2.05, 4.69) is 5.32 Å². The van der Waals surface area contributed by atoms with E-state index in [1.54, 1.807) is 54.6 Å².